The van der Waals surface area contributed by atoms with Crippen LogP contribution in [0.1, 0.15) is 72.3 Å². The number of benzene rings is 3. The molecule has 0 aliphatic rings. The van der Waals surface area contributed by atoms with Crippen molar-refractivity contribution in [2.75, 3.05) is 0 Å². The third kappa shape index (κ3) is 8.14. The standard InChI is InChI=1S/C30H34F3N5O2/c1-18-16-24(17-19(2)26(18)21-10-12-23(13-11-21)30(31,32)33)40-25(14-15-29(3,4)5)20-6-8-22(9-7-20)27(39)36-28(34)37-38-35/h6-13,16-17,25H,14-15H2,1-5H3,(H4,34,35,36,37,39). The molecule has 3 aromatic carbocycles. The molecule has 0 aliphatic heterocycles. The van der Waals surface area contributed by atoms with E-state index in [1.54, 1.807) is 12.1 Å². The van der Waals surface area contributed by atoms with Crippen LogP contribution in [0.5, 0.6) is 5.75 Å². The lowest BCUT2D eigenvalue weighted by Gasteiger charge is -2.25. The van der Waals surface area contributed by atoms with Gasteiger partial charge in [-0.05, 0) is 96.3 Å². The Hall–Kier alpha value is -4.21. The van der Waals surface area contributed by atoms with Crippen molar-refractivity contribution in [3.05, 3.63) is 88.5 Å². The number of hydrogen-bond acceptors (Lipinski definition) is 4. The predicted molar refractivity (Wildman–Crippen MR) is 149 cm³/mol. The minimum Gasteiger partial charge on any atom is -0.486 e. The number of guanidine groups is 1. The molecule has 0 saturated carbocycles. The Bertz CT molecular complexity index is 1350. The minimum absolute atomic E-state index is 0.0671. The lowest BCUT2D eigenvalue weighted by Crippen LogP contribution is -2.28. The van der Waals surface area contributed by atoms with Crippen LogP contribution in [-0.2, 0) is 6.18 Å². The molecule has 0 aliphatic carbocycles. The maximum Gasteiger partial charge on any atom is 0.416 e. The van der Waals surface area contributed by atoms with E-state index in [-0.39, 0.29) is 11.5 Å². The molecule has 4 N–H and O–H groups in total. The number of carbonyl (C=O) groups is 1. The highest BCUT2D eigenvalue weighted by Crippen LogP contribution is 2.37. The average molecular weight is 554 g/mol. The van der Waals surface area contributed by atoms with Gasteiger partial charge in [-0.15, -0.1) is 0 Å². The second kappa shape index (κ2) is 12.3. The van der Waals surface area contributed by atoms with Crippen LogP contribution in [-0.4, -0.2) is 11.9 Å². The van der Waals surface area contributed by atoms with Gasteiger partial charge in [0.2, 0.25) is 5.96 Å². The molecule has 212 valence electrons. The van der Waals surface area contributed by atoms with E-state index in [0.29, 0.717) is 16.9 Å². The quantitative estimate of drug-likeness (QED) is 0.0908. The third-order valence-corrected chi connectivity index (χ3v) is 6.38. The summed E-state index contributed by atoms with van der Waals surface area (Å²) in [4.78, 5) is 12.4. The maximum absolute atomic E-state index is 13.0. The number of ether oxygens (including phenoxy) is 1. The Morgan fingerprint density at radius 1 is 1.00 bits per heavy atom. The molecule has 0 bridgehead atoms. The van der Waals surface area contributed by atoms with E-state index in [1.165, 1.54) is 12.1 Å². The number of carbonyl (C=O) groups excluding carboxylic acids is 1. The molecule has 3 rings (SSSR count). The van der Waals surface area contributed by atoms with Crippen LogP contribution >= 0.6 is 0 Å². The van der Waals surface area contributed by atoms with Gasteiger partial charge in [-0.3, -0.25) is 15.5 Å². The summed E-state index contributed by atoms with van der Waals surface area (Å²) in [6.07, 6.45) is -3.10. The highest BCUT2D eigenvalue weighted by Gasteiger charge is 2.30. The molecule has 1 amide bonds. The van der Waals surface area contributed by atoms with Gasteiger partial charge in [0, 0.05) is 5.56 Å². The van der Waals surface area contributed by atoms with Gasteiger partial charge in [0.25, 0.3) is 5.91 Å². The number of rotatable bonds is 7. The number of halogens is 3. The van der Waals surface area contributed by atoms with Crippen molar-refractivity contribution in [3.63, 3.8) is 0 Å². The van der Waals surface area contributed by atoms with Crippen molar-refractivity contribution in [1.82, 2.24) is 5.32 Å². The van der Waals surface area contributed by atoms with E-state index in [1.807, 2.05) is 38.1 Å². The molecule has 10 heteroatoms. The third-order valence-electron chi connectivity index (χ3n) is 6.38. The normalized spacial score (nSPS) is 12.8. The minimum atomic E-state index is -4.39. The van der Waals surface area contributed by atoms with Crippen LogP contribution in [0.2, 0.25) is 0 Å². The maximum atomic E-state index is 13.0. The van der Waals surface area contributed by atoms with Crippen molar-refractivity contribution in [2.45, 2.75) is 59.7 Å². The zero-order valence-corrected chi connectivity index (χ0v) is 23.2. The lowest BCUT2D eigenvalue weighted by atomic mass is 9.88. The molecular weight excluding hydrogens is 519 g/mol. The summed E-state index contributed by atoms with van der Waals surface area (Å²) in [7, 11) is 0. The Kier molecular flexibility index (Phi) is 9.34. The Morgan fingerprint density at radius 2 is 1.57 bits per heavy atom. The van der Waals surface area contributed by atoms with Crippen LogP contribution in [0, 0.1) is 24.7 Å². The van der Waals surface area contributed by atoms with Crippen molar-refractivity contribution in [2.24, 2.45) is 21.6 Å². The van der Waals surface area contributed by atoms with Crippen LogP contribution in [0.15, 0.2) is 71.0 Å². The average Bonchev–Trinajstić information content (AvgIpc) is 2.85. The van der Waals surface area contributed by atoms with Crippen molar-refractivity contribution in [1.29, 1.82) is 5.41 Å². The van der Waals surface area contributed by atoms with Crippen LogP contribution in [0.25, 0.3) is 11.1 Å². The first-order valence-corrected chi connectivity index (χ1v) is 12.7. The van der Waals surface area contributed by atoms with Gasteiger partial charge >= 0.3 is 6.18 Å². The fraction of sp³-hybridized carbons (Fsp3) is 0.333. The number of hydrogen-bond donors (Lipinski definition) is 3. The van der Waals surface area contributed by atoms with Gasteiger partial charge in [-0.2, -0.15) is 13.2 Å². The first kappa shape index (κ1) is 30.3. The van der Waals surface area contributed by atoms with Gasteiger partial charge in [0.05, 0.1) is 5.56 Å². The number of nitrogens with zero attached hydrogens (tertiary/aromatic N) is 2. The first-order valence-electron chi connectivity index (χ1n) is 12.7. The highest BCUT2D eigenvalue weighted by atomic mass is 19.4. The zero-order chi connectivity index (χ0) is 29.7. The molecule has 1 unspecified atom stereocenters. The summed E-state index contributed by atoms with van der Waals surface area (Å²) in [5, 5.41) is 16.1. The van der Waals surface area contributed by atoms with Gasteiger partial charge < -0.3 is 10.6 Å². The Balaban J connectivity index is 1.87. The van der Waals surface area contributed by atoms with E-state index in [2.05, 4.69) is 36.4 Å². The smallest absolute Gasteiger partial charge is 0.416 e. The molecule has 0 heterocycles. The summed E-state index contributed by atoms with van der Waals surface area (Å²) in [5.41, 5.74) is 3.92. The first-order chi connectivity index (χ1) is 18.7. The molecule has 0 aromatic heterocycles. The molecule has 7 nitrogen and oxygen atoms in total. The second-order valence-electron chi connectivity index (χ2n) is 10.9. The fourth-order valence-corrected chi connectivity index (χ4v) is 4.41. The van der Waals surface area contributed by atoms with Crippen LogP contribution in [0.3, 0.4) is 0 Å². The number of nitrogens with two attached hydrogens (primary N) is 1. The topological polar surface area (TPSA) is 113 Å². The van der Waals surface area contributed by atoms with Crippen molar-refractivity contribution >= 4 is 11.9 Å². The predicted octanol–water partition coefficient (Wildman–Crippen LogP) is 7.93. The van der Waals surface area contributed by atoms with Gasteiger partial charge in [0.15, 0.2) is 0 Å². The molecule has 0 fully saturated rings. The highest BCUT2D eigenvalue weighted by molar-refractivity contribution is 6.04. The molecular formula is C30H34F3N5O2. The van der Waals surface area contributed by atoms with E-state index < -0.39 is 23.6 Å². The summed E-state index contributed by atoms with van der Waals surface area (Å²) in [5.74, 6) is 4.58. The van der Waals surface area contributed by atoms with Gasteiger partial charge in [-0.1, -0.05) is 55.4 Å². The Morgan fingerprint density at radius 3 is 2.08 bits per heavy atom. The van der Waals surface area contributed by atoms with Gasteiger partial charge in [0.1, 0.15) is 11.9 Å². The Labute approximate surface area is 232 Å². The van der Waals surface area contributed by atoms with Gasteiger partial charge in [-0.25, -0.2) is 0 Å². The number of alkyl halides is 3. The number of amides is 1. The molecule has 3 aromatic rings. The second-order valence-corrected chi connectivity index (χ2v) is 10.9. The molecule has 40 heavy (non-hydrogen) atoms. The lowest BCUT2D eigenvalue weighted by molar-refractivity contribution is -0.137. The van der Waals surface area contributed by atoms with E-state index in [9.17, 15) is 18.0 Å². The van der Waals surface area contributed by atoms with Crippen LogP contribution < -0.4 is 15.9 Å². The number of aryl methyl sites for hydroxylation is 2. The van der Waals surface area contributed by atoms with E-state index in [4.69, 9.17) is 16.0 Å². The zero-order valence-electron chi connectivity index (χ0n) is 23.2. The summed E-state index contributed by atoms with van der Waals surface area (Å²) in [6, 6.07) is 15.9. The molecule has 0 radical (unpaired) electrons. The monoisotopic (exact) mass is 553 g/mol. The molecule has 0 spiro atoms. The fourth-order valence-electron chi connectivity index (χ4n) is 4.41. The molecule has 1 atom stereocenters. The summed E-state index contributed by atoms with van der Waals surface area (Å²) >= 11 is 0. The van der Waals surface area contributed by atoms with E-state index in [0.717, 1.165) is 47.2 Å². The number of nitrogens with one attached hydrogen (secondary N) is 2. The van der Waals surface area contributed by atoms with Crippen LogP contribution in [0.4, 0.5) is 13.2 Å². The molecule has 0 saturated heterocycles. The largest absolute Gasteiger partial charge is 0.486 e. The SMILES string of the molecule is Cc1cc(OC(CCC(C)(C)C)c2ccc(C(=O)NC(=N)N=NN)cc2)cc(C)c1-c1ccc(C(F)(F)F)cc1. The van der Waals surface area contributed by atoms with Crippen molar-refractivity contribution in [3.8, 4) is 16.9 Å². The van der Waals surface area contributed by atoms with E-state index >= 15 is 0 Å². The summed E-state index contributed by atoms with van der Waals surface area (Å²) in [6.45, 7) is 10.3. The van der Waals surface area contributed by atoms with Crippen molar-refractivity contribution < 1.29 is 22.7 Å². The summed E-state index contributed by atoms with van der Waals surface area (Å²) < 4.78 is 45.5.